The zero-order valence-electron chi connectivity index (χ0n) is 8.62. The average Bonchev–Trinajstić information content (AvgIpc) is 2.19. The van der Waals surface area contributed by atoms with Gasteiger partial charge >= 0.3 is 0 Å². The molecule has 1 aromatic heterocycles. The minimum atomic E-state index is 0.0272. The Morgan fingerprint density at radius 3 is 2.79 bits per heavy atom. The highest BCUT2D eigenvalue weighted by Gasteiger charge is 2.00. The summed E-state index contributed by atoms with van der Waals surface area (Å²) in [4.78, 5) is 4.32. The second-order valence-electron chi connectivity index (χ2n) is 3.17. The third kappa shape index (κ3) is 3.22. The third-order valence-electron chi connectivity index (χ3n) is 1.78. The monoisotopic (exact) mass is 195 g/mol. The summed E-state index contributed by atoms with van der Waals surface area (Å²) in [6.07, 6.45) is 0. The lowest BCUT2D eigenvalue weighted by molar-refractivity contribution is 0.281. The van der Waals surface area contributed by atoms with Crippen LogP contribution in [0.2, 0.25) is 0 Å². The van der Waals surface area contributed by atoms with E-state index in [-0.39, 0.29) is 12.6 Å². The van der Waals surface area contributed by atoms with Crippen molar-refractivity contribution in [3.05, 3.63) is 18.2 Å². The third-order valence-corrected chi connectivity index (χ3v) is 1.78. The van der Waals surface area contributed by atoms with Crippen LogP contribution in [0.4, 0.5) is 11.6 Å². The molecule has 0 radical (unpaired) electrons. The normalized spacial score (nSPS) is 12.2. The van der Waals surface area contributed by atoms with Gasteiger partial charge in [-0.25, -0.2) is 4.98 Å². The highest BCUT2D eigenvalue weighted by molar-refractivity contribution is 5.45. The van der Waals surface area contributed by atoms with Gasteiger partial charge in [0.2, 0.25) is 0 Å². The number of hydrogen-bond donors (Lipinski definition) is 3. The van der Waals surface area contributed by atoms with E-state index in [2.05, 4.69) is 15.6 Å². The van der Waals surface area contributed by atoms with Gasteiger partial charge in [-0.15, -0.1) is 0 Å². The van der Waals surface area contributed by atoms with Crippen molar-refractivity contribution in [1.82, 2.24) is 4.98 Å². The summed E-state index contributed by atoms with van der Waals surface area (Å²) in [6.45, 7) is 4.89. The molecule has 0 spiro atoms. The van der Waals surface area contributed by atoms with Crippen LogP contribution in [-0.2, 0) is 0 Å². The van der Waals surface area contributed by atoms with Gasteiger partial charge in [0.15, 0.2) is 0 Å². The van der Waals surface area contributed by atoms with E-state index in [4.69, 9.17) is 5.11 Å². The summed E-state index contributed by atoms with van der Waals surface area (Å²) in [5, 5.41) is 15.1. The van der Waals surface area contributed by atoms with Crippen molar-refractivity contribution in [2.45, 2.75) is 19.9 Å². The number of rotatable bonds is 5. The van der Waals surface area contributed by atoms with Crippen LogP contribution in [0.25, 0.3) is 0 Å². The predicted octanol–water partition coefficient (Wildman–Crippen LogP) is 1.31. The molecule has 1 aromatic rings. The fraction of sp³-hybridized carbons (Fsp3) is 0.500. The van der Waals surface area contributed by atoms with Gasteiger partial charge < -0.3 is 15.7 Å². The van der Waals surface area contributed by atoms with E-state index in [0.29, 0.717) is 0 Å². The number of pyridine rings is 1. The molecule has 0 aromatic carbocycles. The molecule has 78 valence electrons. The lowest BCUT2D eigenvalue weighted by Gasteiger charge is -2.12. The van der Waals surface area contributed by atoms with Crippen molar-refractivity contribution in [3.63, 3.8) is 0 Å². The largest absolute Gasteiger partial charge is 0.394 e. The average molecular weight is 195 g/mol. The highest BCUT2D eigenvalue weighted by Crippen LogP contribution is 2.09. The van der Waals surface area contributed by atoms with Crippen LogP contribution in [0.5, 0.6) is 0 Å². The molecule has 0 aliphatic rings. The van der Waals surface area contributed by atoms with Crippen LogP contribution in [-0.4, -0.2) is 29.3 Å². The standard InChI is InChI=1S/C10H17N3O/c1-3-11-9-5-4-6-10(13-9)12-8(2)7-14/h4-6,8,14H,3,7H2,1-2H3,(H2,11,12,13). The van der Waals surface area contributed by atoms with Gasteiger partial charge in [0.1, 0.15) is 11.6 Å². The summed E-state index contributed by atoms with van der Waals surface area (Å²) in [7, 11) is 0. The second-order valence-corrected chi connectivity index (χ2v) is 3.17. The number of nitrogens with zero attached hydrogens (tertiary/aromatic N) is 1. The Morgan fingerprint density at radius 1 is 1.43 bits per heavy atom. The molecule has 3 N–H and O–H groups in total. The van der Waals surface area contributed by atoms with Gasteiger partial charge in [0, 0.05) is 12.6 Å². The molecule has 0 aliphatic heterocycles. The lowest BCUT2D eigenvalue weighted by Crippen LogP contribution is -2.20. The first kappa shape index (κ1) is 10.8. The van der Waals surface area contributed by atoms with E-state index in [9.17, 15) is 0 Å². The maximum atomic E-state index is 8.86. The van der Waals surface area contributed by atoms with E-state index >= 15 is 0 Å². The van der Waals surface area contributed by atoms with E-state index in [1.165, 1.54) is 0 Å². The molecule has 0 bridgehead atoms. The van der Waals surface area contributed by atoms with Crippen LogP contribution in [0.3, 0.4) is 0 Å². The smallest absolute Gasteiger partial charge is 0.128 e. The SMILES string of the molecule is CCNc1cccc(NC(C)CO)n1. The topological polar surface area (TPSA) is 57.2 Å². The molecule has 1 rings (SSSR count). The molecule has 0 fully saturated rings. The fourth-order valence-electron chi connectivity index (χ4n) is 1.09. The van der Waals surface area contributed by atoms with Gasteiger partial charge in [-0.05, 0) is 26.0 Å². The van der Waals surface area contributed by atoms with Crippen LogP contribution in [0.1, 0.15) is 13.8 Å². The molecule has 4 heteroatoms. The van der Waals surface area contributed by atoms with Crippen molar-refractivity contribution in [2.75, 3.05) is 23.8 Å². The lowest BCUT2D eigenvalue weighted by atomic mass is 10.3. The van der Waals surface area contributed by atoms with E-state index < -0.39 is 0 Å². The van der Waals surface area contributed by atoms with Crippen LogP contribution >= 0.6 is 0 Å². The molecule has 0 saturated carbocycles. The van der Waals surface area contributed by atoms with Gasteiger partial charge in [0.05, 0.1) is 6.61 Å². The minimum absolute atomic E-state index is 0.0272. The molecular weight excluding hydrogens is 178 g/mol. The van der Waals surface area contributed by atoms with Crippen LogP contribution < -0.4 is 10.6 Å². The van der Waals surface area contributed by atoms with Crippen molar-refractivity contribution < 1.29 is 5.11 Å². The summed E-state index contributed by atoms with van der Waals surface area (Å²) in [5.41, 5.74) is 0. The predicted molar refractivity (Wildman–Crippen MR) is 58.6 cm³/mol. The number of aliphatic hydroxyl groups excluding tert-OH is 1. The highest BCUT2D eigenvalue weighted by atomic mass is 16.3. The molecule has 1 atom stereocenters. The van der Waals surface area contributed by atoms with Gasteiger partial charge in [-0.2, -0.15) is 0 Å². The van der Waals surface area contributed by atoms with Crippen LogP contribution in [0, 0.1) is 0 Å². The quantitative estimate of drug-likeness (QED) is 0.663. The van der Waals surface area contributed by atoms with Gasteiger partial charge in [0.25, 0.3) is 0 Å². The van der Waals surface area contributed by atoms with E-state index in [1.54, 1.807) is 0 Å². The molecule has 1 heterocycles. The summed E-state index contributed by atoms with van der Waals surface area (Å²) in [5.74, 6) is 1.63. The molecule has 1 unspecified atom stereocenters. The first-order valence-corrected chi connectivity index (χ1v) is 4.84. The zero-order chi connectivity index (χ0) is 10.4. The molecule has 0 saturated heterocycles. The minimum Gasteiger partial charge on any atom is -0.394 e. The fourth-order valence-corrected chi connectivity index (χ4v) is 1.09. The number of aliphatic hydroxyl groups is 1. The Morgan fingerprint density at radius 2 is 2.14 bits per heavy atom. The Labute approximate surface area is 84.4 Å². The molecular formula is C10H17N3O. The first-order chi connectivity index (χ1) is 6.76. The van der Waals surface area contributed by atoms with Crippen LogP contribution in [0.15, 0.2) is 18.2 Å². The maximum absolute atomic E-state index is 8.86. The molecule has 14 heavy (non-hydrogen) atoms. The molecule has 0 amide bonds. The first-order valence-electron chi connectivity index (χ1n) is 4.84. The van der Waals surface area contributed by atoms with E-state index in [1.807, 2.05) is 32.0 Å². The van der Waals surface area contributed by atoms with Crippen molar-refractivity contribution in [2.24, 2.45) is 0 Å². The summed E-state index contributed by atoms with van der Waals surface area (Å²) in [6, 6.07) is 5.75. The Balaban J connectivity index is 2.63. The van der Waals surface area contributed by atoms with Gasteiger partial charge in [-0.3, -0.25) is 0 Å². The van der Waals surface area contributed by atoms with Crippen molar-refractivity contribution >= 4 is 11.6 Å². The van der Waals surface area contributed by atoms with E-state index in [0.717, 1.165) is 18.2 Å². The molecule has 0 aliphatic carbocycles. The zero-order valence-corrected chi connectivity index (χ0v) is 8.62. The molecule has 4 nitrogen and oxygen atoms in total. The number of aromatic nitrogens is 1. The Bertz CT molecular complexity index is 278. The summed E-state index contributed by atoms with van der Waals surface area (Å²) < 4.78 is 0. The summed E-state index contributed by atoms with van der Waals surface area (Å²) >= 11 is 0. The number of hydrogen-bond acceptors (Lipinski definition) is 4. The maximum Gasteiger partial charge on any atom is 0.128 e. The van der Waals surface area contributed by atoms with Gasteiger partial charge in [-0.1, -0.05) is 6.07 Å². The second kappa shape index (κ2) is 5.44. The van der Waals surface area contributed by atoms with Crippen molar-refractivity contribution in [3.8, 4) is 0 Å². The number of anilines is 2. The Kier molecular flexibility index (Phi) is 4.19. The number of nitrogens with one attached hydrogen (secondary N) is 2. The van der Waals surface area contributed by atoms with Crippen molar-refractivity contribution in [1.29, 1.82) is 0 Å². The Hall–Kier alpha value is -1.29.